The van der Waals surface area contributed by atoms with Crippen LogP contribution in [0.2, 0.25) is 5.02 Å². The first-order chi connectivity index (χ1) is 15.1. The minimum atomic E-state index is -4.35. The van der Waals surface area contributed by atoms with Crippen LogP contribution >= 0.6 is 22.9 Å². The molecule has 4 rings (SSSR count). The summed E-state index contributed by atoms with van der Waals surface area (Å²) < 4.78 is 77.4. The van der Waals surface area contributed by atoms with Crippen LogP contribution in [-0.4, -0.2) is 40.4 Å². The van der Waals surface area contributed by atoms with Gasteiger partial charge in [-0.3, -0.25) is 9.40 Å². The van der Waals surface area contributed by atoms with Gasteiger partial charge < -0.3 is 4.74 Å². The zero-order chi connectivity index (χ0) is 23.1. The topological polar surface area (TPSA) is 99.0 Å². The van der Waals surface area contributed by atoms with Gasteiger partial charge in [0.25, 0.3) is 15.9 Å². The van der Waals surface area contributed by atoms with Crippen LogP contribution in [-0.2, 0) is 17.1 Å². The fourth-order valence-corrected chi connectivity index (χ4v) is 5.71. The Morgan fingerprint density at radius 3 is 2.81 bits per heavy atom. The molecule has 1 aromatic carbocycles. The van der Waals surface area contributed by atoms with Crippen molar-refractivity contribution < 1.29 is 26.3 Å². The van der Waals surface area contributed by atoms with Crippen LogP contribution in [0.25, 0.3) is 0 Å². The Morgan fingerprint density at radius 2 is 2.16 bits per heavy atom. The number of rotatable bonds is 6. The number of halogens is 4. The molecular weight excluding hydrogens is 491 g/mol. The second-order valence-electron chi connectivity index (χ2n) is 7.30. The zero-order valence-electron chi connectivity index (χ0n) is 16.5. The van der Waals surface area contributed by atoms with Crippen molar-refractivity contribution in [2.24, 2.45) is 7.05 Å². The summed E-state index contributed by atoms with van der Waals surface area (Å²) in [5.74, 6) is -4.77. The maximum Gasteiger partial charge on any atom is 0.266 e. The fourth-order valence-electron chi connectivity index (χ4n) is 3.66. The lowest BCUT2D eigenvalue weighted by Crippen LogP contribution is -2.39. The summed E-state index contributed by atoms with van der Waals surface area (Å²) in [6.45, 7) is 0. The van der Waals surface area contributed by atoms with Crippen LogP contribution in [0.5, 0.6) is 5.75 Å². The molecule has 14 heteroatoms. The number of benzene rings is 1. The molecule has 2 unspecified atom stereocenters. The van der Waals surface area contributed by atoms with Gasteiger partial charge in [-0.2, -0.15) is 5.10 Å². The third-order valence-corrected chi connectivity index (χ3v) is 7.53. The molecule has 3 aromatic rings. The van der Waals surface area contributed by atoms with E-state index in [1.807, 2.05) is 0 Å². The second kappa shape index (κ2) is 8.52. The third kappa shape index (κ3) is 4.69. The summed E-state index contributed by atoms with van der Waals surface area (Å²) in [5, 5.41) is 10.8. The fraction of sp³-hybridized carbons (Fsp3) is 0.389. The van der Waals surface area contributed by atoms with Crippen molar-refractivity contribution in [2.45, 2.75) is 42.1 Å². The molecule has 172 valence electrons. The number of alkyl halides is 2. The van der Waals surface area contributed by atoms with E-state index in [0.717, 1.165) is 23.5 Å². The van der Waals surface area contributed by atoms with E-state index in [0.29, 0.717) is 5.69 Å². The molecule has 1 aliphatic rings. The molecule has 2 heterocycles. The Morgan fingerprint density at radius 1 is 1.38 bits per heavy atom. The van der Waals surface area contributed by atoms with Crippen LogP contribution in [0.15, 0.2) is 34.8 Å². The number of nitrogens with one attached hydrogen (secondary N) is 1. The highest BCUT2D eigenvalue weighted by Crippen LogP contribution is 2.44. The van der Waals surface area contributed by atoms with E-state index in [9.17, 15) is 21.6 Å². The Balaban J connectivity index is 1.63. The smallest absolute Gasteiger partial charge is 0.266 e. The number of aryl methyl sites for hydroxylation is 1. The van der Waals surface area contributed by atoms with E-state index in [-0.39, 0.29) is 28.7 Å². The molecule has 0 amide bonds. The zero-order valence-corrected chi connectivity index (χ0v) is 18.9. The van der Waals surface area contributed by atoms with Crippen molar-refractivity contribution in [2.75, 3.05) is 4.72 Å². The second-order valence-corrected chi connectivity index (χ2v) is 10.2. The predicted molar refractivity (Wildman–Crippen MR) is 111 cm³/mol. The Bertz CT molecular complexity index is 1220. The van der Waals surface area contributed by atoms with Crippen molar-refractivity contribution in [1.82, 2.24) is 20.0 Å². The highest BCUT2D eigenvalue weighted by Gasteiger charge is 2.44. The lowest BCUT2D eigenvalue weighted by molar-refractivity contribution is -0.0780. The van der Waals surface area contributed by atoms with Gasteiger partial charge >= 0.3 is 0 Å². The molecule has 32 heavy (non-hydrogen) atoms. The normalized spacial score (nSPS) is 20.8. The van der Waals surface area contributed by atoms with Crippen molar-refractivity contribution in [3.8, 4) is 5.75 Å². The first-order valence-electron chi connectivity index (χ1n) is 9.36. The molecule has 8 nitrogen and oxygen atoms in total. The van der Waals surface area contributed by atoms with Crippen LogP contribution in [0, 0.1) is 5.82 Å². The number of nitrogens with zero attached hydrogens (tertiary/aromatic N) is 4. The predicted octanol–water partition coefficient (Wildman–Crippen LogP) is 4.22. The standard InChI is InChI=1S/C18H17ClF3N5O3S2/c1-27-13(3-5-24-27)10-2-4-18(21,22)8-15(10)30-14-7-12(20)16(6-11(14)19)32(28,29)26-17-25-23-9-31-17/h3,5-7,9-10,15H,2,4,8H2,1H3,(H,25,26). The number of anilines is 1. The summed E-state index contributed by atoms with van der Waals surface area (Å²) in [5.41, 5.74) is 2.00. The first kappa shape index (κ1) is 22.8. The summed E-state index contributed by atoms with van der Waals surface area (Å²) in [6.07, 6.45) is -0.252. The van der Waals surface area contributed by atoms with E-state index in [2.05, 4.69) is 20.0 Å². The highest BCUT2D eigenvalue weighted by molar-refractivity contribution is 7.93. The quantitative estimate of drug-likeness (QED) is 0.536. The monoisotopic (exact) mass is 507 g/mol. The van der Waals surface area contributed by atoms with Crippen LogP contribution in [0.1, 0.15) is 30.9 Å². The number of ether oxygens (including phenoxy) is 1. The molecule has 0 aliphatic heterocycles. The molecular formula is C18H17ClF3N5O3S2. The highest BCUT2D eigenvalue weighted by atomic mass is 35.5. The molecule has 1 fully saturated rings. The van der Waals surface area contributed by atoms with Gasteiger partial charge in [-0.1, -0.05) is 22.9 Å². The third-order valence-electron chi connectivity index (χ3n) is 5.14. The minimum Gasteiger partial charge on any atom is -0.488 e. The van der Waals surface area contributed by atoms with Gasteiger partial charge in [0.15, 0.2) is 0 Å². The van der Waals surface area contributed by atoms with E-state index in [1.165, 1.54) is 5.51 Å². The Kier molecular flexibility index (Phi) is 6.07. The summed E-state index contributed by atoms with van der Waals surface area (Å²) in [6, 6.07) is 3.36. The maximum absolute atomic E-state index is 14.7. The molecule has 2 atom stereocenters. The Hall–Kier alpha value is -2.38. The van der Waals surface area contributed by atoms with Gasteiger partial charge in [-0.15, -0.1) is 10.2 Å². The van der Waals surface area contributed by atoms with Gasteiger partial charge in [0, 0.05) is 43.8 Å². The molecule has 0 spiro atoms. The van der Waals surface area contributed by atoms with Crippen molar-refractivity contribution in [3.05, 3.63) is 46.4 Å². The molecule has 0 saturated heterocycles. The molecule has 1 saturated carbocycles. The van der Waals surface area contributed by atoms with Crippen LogP contribution < -0.4 is 9.46 Å². The molecule has 1 aliphatic carbocycles. The lowest BCUT2D eigenvalue weighted by atomic mass is 9.82. The van der Waals surface area contributed by atoms with Gasteiger partial charge in [-0.25, -0.2) is 21.6 Å². The number of hydrogen-bond donors (Lipinski definition) is 1. The van der Waals surface area contributed by atoms with Crippen LogP contribution in [0.4, 0.5) is 18.3 Å². The van der Waals surface area contributed by atoms with Gasteiger partial charge in [0.2, 0.25) is 5.13 Å². The molecule has 2 aromatic heterocycles. The van der Waals surface area contributed by atoms with E-state index < -0.39 is 45.1 Å². The van der Waals surface area contributed by atoms with E-state index in [4.69, 9.17) is 16.3 Å². The molecule has 1 N–H and O–H groups in total. The van der Waals surface area contributed by atoms with Crippen molar-refractivity contribution in [1.29, 1.82) is 0 Å². The number of hydrogen-bond acceptors (Lipinski definition) is 7. The van der Waals surface area contributed by atoms with Gasteiger partial charge in [0.05, 0.1) is 5.02 Å². The lowest BCUT2D eigenvalue weighted by Gasteiger charge is -2.36. The number of sulfonamides is 1. The summed E-state index contributed by atoms with van der Waals surface area (Å²) >= 11 is 7.08. The number of aromatic nitrogens is 4. The molecule has 0 bridgehead atoms. The van der Waals surface area contributed by atoms with Crippen molar-refractivity contribution in [3.63, 3.8) is 0 Å². The largest absolute Gasteiger partial charge is 0.488 e. The van der Waals surface area contributed by atoms with E-state index in [1.54, 1.807) is 24.0 Å². The van der Waals surface area contributed by atoms with E-state index >= 15 is 0 Å². The van der Waals surface area contributed by atoms with Gasteiger partial charge in [-0.05, 0) is 18.6 Å². The first-order valence-corrected chi connectivity index (χ1v) is 12.1. The summed E-state index contributed by atoms with van der Waals surface area (Å²) in [4.78, 5) is -0.734. The SMILES string of the molecule is Cn1nccc1C1CCC(F)(F)CC1Oc1cc(F)c(S(=O)(=O)Nc2nncs2)cc1Cl. The minimum absolute atomic E-state index is 0.0516. The molecule has 0 radical (unpaired) electrons. The Labute approximate surface area is 190 Å². The summed E-state index contributed by atoms with van der Waals surface area (Å²) in [7, 11) is -2.65. The average Bonchev–Trinajstić information content (AvgIpc) is 3.35. The maximum atomic E-state index is 14.7. The van der Waals surface area contributed by atoms with Gasteiger partial charge in [0.1, 0.15) is 28.1 Å². The van der Waals surface area contributed by atoms with Crippen molar-refractivity contribution >= 4 is 38.1 Å². The average molecular weight is 508 g/mol. The van der Waals surface area contributed by atoms with Crippen LogP contribution in [0.3, 0.4) is 0 Å².